The first-order chi connectivity index (χ1) is 12.1. The Labute approximate surface area is 150 Å². The lowest BCUT2D eigenvalue weighted by atomic mass is 10.0. The van der Waals surface area contributed by atoms with Gasteiger partial charge < -0.3 is 25.8 Å². The molecule has 7 nitrogen and oxygen atoms in total. The molecule has 1 atom stereocenters. The Morgan fingerprint density at radius 3 is 2.68 bits per heavy atom. The molecule has 3 heterocycles. The maximum absolute atomic E-state index is 12.6. The number of amides is 2. The lowest BCUT2D eigenvalue weighted by molar-refractivity contribution is 0.109. The predicted octanol–water partition coefficient (Wildman–Crippen LogP) is 0.643. The normalized spacial score (nSPS) is 22.9. The molecule has 0 bridgehead atoms. The fourth-order valence-corrected chi connectivity index (χ4v) is 3.64. The van der Waals surface area contributed by atoms with Crippen molar-refractivity contribution in [3.63, 3.8) is 0 Å². The Bertz CT molecular complexity index is 569. The van der Waals surface area contributed by atoms with E-state index < -0.39 is 0 Å². The number of hydrogen-bond donors (Lipinski definition) is 2. The van der Waals surface area contributed by atoms with Crippen LogP contribution in [0.3, 0.4) is 0 Å². The standard InChI is InChI=1S/C18H30N6O/c1-14-3-4-17(20-12-14)23-7-5-15(6-8-23)21-18(25)24-10-9-22(2)13-16(24)11-19/h3-4,12,15-16H,5-11,13,19H2,1-2H3,(H,21,25). The summed E-state index contributed by atoms with van der Waals surface area (Å²) in [5, 5.41) is 3.21. The van der Waals surface area contributed by atoms with Gasteiger partial charge in [-0.3, -0.25) is 0 Å². The topological polar surface area (TPSA) is 77.7 Å². The van der Waals surface area contributed by atoms with Crippen molar-refractivity contribution in [2.75, 3.05) is 51.2 Å². The van der Waals surface area contributed by atoms with Crippen LogP contribution < -0.4 is 16.0 Å². The summed E-state index contributed by atoms with van der Waals surface area (Å²) in [6.07, 6.45) is 3.80. The van der Waals surface area contributed by atoms with Gasteiger partial charge >= 0.3 is 6.03 Å². The number of aryl methyl sites for hydroxylation is 1. The highest BCUT2D eigenvalue weighted by molar-refractivity contribution is 5.75. The predicted molar refractivity (Wildman–Crippen MR) is 99.8 cm³/mol. The fourth-order valence-electron chi connectivity index (χ4n) is 3.64. The number of pyridine rings is 1. The van der Waals surface area contributed by atoms with Crippen LogP contribution in [0.2, 0.25) is 0 Å². The molecule has 2 saturated heterocycles. The molecule has 1 unspecified atom stereocenters. The molecule has 0 aliphatic carbocycles. The van der Waals surface area contributed by atoms with Gasteiger partial charge in [0, 0.05) is 51.5 Å². The largest absolute Gasteiger partial charge is 0.356 e. The van der Waals surface area contributed by atoms with Crippen molar-refractivity contribution in [3.05, 3.63) is 23.9 Å². The zero-order valence-electron chi connectivity index (χ0n) is 15.3. The van der Waals surface area contributed by atoms with Crippen LogP contribution in [0.4, 0.5) is 10.6 Å². The number of nitrogens with zero attached hydrogens (tertiary/aromatic N) is 4. The molecule has 2 fully saturated rings. The third-order valence-corrected chi connectivity index (χ3v) is 5.26. The van der Waals surface area contributed by atoms with E-state index in [4.69, 9.17) is 5.73 Å². The number of likely N-dealkylation sites (N-methyl/N-ethyl adjacent to an activating group) is 1. The van der Waals surface area contributed by atoms with E-state index in [-0.39, 0.29) is 18.1 Å². The summed E-state index contributed by atoms with van der Waals surface area (Å²) >= 11 is 0. The number of carbonyl (C=O) groups is 1. The van der Waals surface area contributed by atoms with E-state index in [1.165, 1.54) is 5.56 Å². The zero-order chi connectivity index (χ0) is 17.8. The quantitative estimate of drug-likeness (QED) is 0.840. The first-order valence-electron chi connectivity index (χ1n) is 9.20. The minimum absolute atomic E-state index is 0.0375. The fraction of sp³-hybridized carbons (Fsp3) is 0.667. The van der Waals surface area contributed by atoms with Gasteiger partial charge in [-0.15, -0.1) is 0 Å². The highest BCUT2D eigenvalue weighted by atomic mass is 16.2. The second-order valence-electron chi connectivity index (χ2n) is 7.25. The van der Waals surface area contributed by atoms with Crippen LogP contribution in [0, 0.1) is 6.92 Å². The molecular weight excluding hydrogens is 316 g/mol. The van der Waals surface area contributed by atoms with Crippen LogP contribution in [0.1, 0.15) is 18.4 Å². The smallest absolute Gasteiger partial charge is 0.318 e. The van der Waals surface area contributed by atoms with Crippen LogP contribution >= 0.6 is 0 Å². The van der Waals surface area contributed by atoms with Crippen molar-refractivity contribution < 1.29 is 4.79 Å². The van der Waals surface area contributed by atoms with Crippen molar-refractivity contribution in [2.24, 2.45) is 5.73 Å². The van der Waals surface area contributed by atoms with Gasteiger partial charge in [0.15, 0.2) is 0 Å². The number of carbonyl (C=O) groups excluding carboxylic acids is 1. The van der Waals surface area contributed by atoms with Gasteiger partial charge in [0.05, 0.1) is 6.04 Å². The van der Waals surface area contributed by atoms with Crippen molar-refractivity contribution in [2.45, 2.75) is 31.8 Å². The van der Waals surface area contributed by atoms with Crippen LogP contribution in [-0.2, 0) is 0 Å². The van der Waals surface area contributed by atoms with Crippen molar-refractivity contribution in [1.82, 2.24) is 20.1 Å². The molecule has 2 amide bonds. The number of nitrogens with one attached hydrogen (secondary N) is 1. The molecule has 3 rings (SSSR count). The van der Waals surface area contributed by atoms with Crippen LogP contribution in [0.25, 0.3) is 0 Å². The summed E-state index contributed by atoms with van der Waals surface area (Å²) in [4.78, 5) is 23.6. The Balaban J connectivity index is 1.50. The Morgan fingerprint density at radius 2 is 2.04 bits per heavy atom. The van der Waals surface area contributed by atoms with Gasteiger partial charge in [0.2, 0.25) is 0 Å². The molecule has 1 aromatic rings. The second kappa shape index (κ2) is 8.01. The molecule has 3 N–H and O–H groups in total. The Morgan fingerprint density at radius 1 is 1.28 bits per heavy atom. The summed E-state index contributed by atoms with van der Waals surface area (Å²) in [6, 6.07) is 4.54. The number of nitrogens with two attached hydrogens (primary N) is 1. The summed E-state index contributed by atoms with van der Waals surface area (Å²) in [6.45, 7) is 6.90. The second-order valence-corrected chi connectivity index (χ2v) is 7.25. The first-order valence-corrected chi connectivity index (χ1v) is 9.20. The minimum Gasteiger partial charge on any atom is -0.356 e. The van der Waals surface area contributed by atoms with Gasteiger partial charge in [-0.25, -0.2) is 9.78 Å². The van der Waals surface area contributed by atoms with E-state index in [9.17, 15) is 4.79 Å². The molecule has 0 spiro atoms. The summed E-state index contributed by atoms with van der Waals surface area (Å²) in [5.41, 5.74) is 7.03. The molecule has 0 radical (unpaired) electrons. The van der Waals surface area contributed by atoms with E-state index in [1.807, 2.05) is 18.0 Å². The van der Waals surface area contributed by atoms with Crippen molar-refractivity contribution in [1.29, 1.82) is 0 Å². The summed E-state index contributed by atoms with van der Waals surface area (Å²) in [5.74, 6) is 1.03. The van der Waals surface area contributed by atoms with Gasteiger partial charge in [0.1, 0.15) is 5.82 Å². The van der Waals surface area contributed by atoms with Crippen molar-refractivity contribution in [3.8, 4) is 0 Å². The third-order valence-electron chi connectivity index (χ3n) is 5.26. The van der Waals surface area contributed by atoms with Gasteiger partial charge in [0.25, 0.3) is 0 Å². The molecule has 2 aliphatic heterocycles. The summed E-state index contributed by atoms with van der Waals surface area (Å²) in [7, 11) is 2.08. The number of anilines is 1. The molecule has 138 valence electrons. The molecule has 0 aromatic carbocycles. The molecule has 2 aliphatic rings. The molecule has 1 aromatic heterocycles. The van der Waals surface area contributed by atoms with E-state index in [0.29, 0.717) is 6.54 Å². The van der Waals surface area contributed by atoms with E-state index in [0.717, 1.165) is 51.4 Å². The SMILES string of the molecule is Cc1ccc(N2CCC(NC(=O)N3CCN(C)CC3CN)CC2)nc1. The number of piperazine rings is 1. The number of urea groups is 1. The van der Waals surface area contributed by atoms with Crippen molar-refractivity contribution >= 4 is 11.8 Å². The summed E-state index contributed by atoms with van der Waals surface area (Å²) < 4.78 is 0. The molecule has 25 heavy (non-hydrogen) atoms. The molecule has 0 saturated carbocycles. The van der Waals surface area contributed by atoms with Crippen LogP contribution in [-0.4, -0.2) is 79.2 Å². The van der Waals surface area contributed by atoms with Gasteiger partial charge in [-0.2, -0.15) is 0 Å². The highest BCUT2D eigenvalue weighted by Crippen LogP contribution is 2.18. The molecule has 7 heteroatoms. The Kier molecular flexibility index (Phi) is 5.75. The highest BCUT2D eigenvalue weighted by Gasteiger charge is 2.30. The van der Waals surface area contributed by atoms with Crippen LogP contribution in [0.15, 0.2) is 18.3 Å². The average molecular weight is 346 g/mol. The average Bonchev–Trinajstić information content (AvgIpc) is 2.63. The zero-order valence-corrected chi connectivity index (χ0v) is 15.3. The number of piperidine rings is 1. The number of aromatic nitrogens is 1. The van der Waals surface area contributed by atoms with E-state index >= 15 is 0 Å². The maximum Gasteiger partial charge on any atom is 0.318 e. The van der Waals surface area contributed by atoms with E-state index in [1.54, 1.807) is 0 Å². The number of hydrogen-bond acceptors (Lipinski definition) is 5. The van der Waals surface area contributed by atoms with Gasteiger partial charge in [-0.05, 0) is 38.4 Å². The van der Waals surface area contributed by atoms with E-state index in [2.05, 4.69) is 39.3 Å². The van der Waals surface area contributed by atoms with Crippen LogP contribution in [0.5, 0.6) is 0 Å². The first kappa shape index (κ1) is 17.9. The van der Waals surface area contributed by atoms with Gasteiger partial charge in [-0.1, -0.05) is 6.07 Å². The molecular formula is C18H30N6O. The maximum atomic E-state index is 12.6. The monoisotopic (exact) mass is 346 g/mol. The minimum atomic E-state index is 0.0375. The Hall–Kier alpha value is -1.86. The lowest BCUT2D eigenvalue weighted by Gasteiger charge is -2.41. The lowest BCUT2D eigenvalue weighted by Crippen LogP contribution is -2.60. The number of rotatable bonds is 3. The third kappa shape index (κ3) is 4.41.